The van der Waals surface area contributed by atoms with E-state index in [2.05, 4.69) is 0 Å². The summed E-state index contributed by atoms with van der Waals surface area (Å²) in [5.74, 6) is 1.91. The maximum atomic E-state index is 11.4. The van der Waals surface area contributed by atoms with E-state index < -0.39 is 9.85 Å². The molecule has 0 saturated carbocycles. The number of nitro groups is 2. The first-order valence-corrected chi connectivity index (χ1v) is 9.04. The third-order valence-electron chi connectivity index (χ3n) is 3.46. The van der Waals surface area contributed by atoms with Gasteiger partial charge in [0.15, 0.2) is 5.69 Å². The van der Waals surface area contributed by atoms with Gasteiger partial charge >= 0.3 is 0 Å². The summed E-state index contributed by atoms with van der Waals surface area (Å²) in [5, 5.41) is 22.9. The van der Waals surface area contributed by atoms with Gasteiger partial charge in [-0.3, -0.25) is 20.2 Å². The average molecular weight is 343 g/mol. The fraction of sp³-hybridized carbons (Fsp3) is 0.538. The minimum atomic E-state index is -0.519. The molecule has 0 radical (unpaired) electrons. The minimum absolute atomic E-state index is 0.0307. The predicted octanol–water partition coefficient (Wildman–Crippen LogP) is 3.83. The number of nitro benzene ring substituents is 2. The largest absolute Gasteiger partial charge is 0.361 e. The lowest BCUT2D eigenvalue weighted by molar-refractivity contribution is -0.392. The van der Waals surface area contributed by atoms with E-state index in [-0.39, 0.29) is 21.6 Å². The van der Waals surface area contributed by atoms with Crippen molar-refractivity contribution in [3.63, 3.8) is 0 Å². The molecule has 1 aromatic carbocycles. The molecule has 9 heteroatoms. The first-order chi connectivity index (χ1) is 10.5. The summed E-state index contributed by atoms with van der Waals surface area (Å²) in [4.78, 5) is 23.5. The summed E-state index contributed by atoms with van der Waals surface area (Å²) in [6.07, 6.45) is 0. The van der Waals surface area contributed by atoms with Gasteiger partial charge in [-0.05, 0) is 19.4 Å². The van der Waals surface area contributed by atoms with E-state index in [0.717, 1.165) is 11.5 Å². The van der Waals surface area contributed by atoms with Crippen molar-refractivity contribution in [2.45, 2.75) is 18.4 Å². The van der Waals surface area contributed by atoms with Gasteiger partial charge in [-0.25, -0.2) is 0 Å². The number of rotatable bonds is 6. The normalized spacial score (nSPS) is 15.0. The third-order valence-corrected chi connectivity index (χ3v) is 6.56. The van der Waals surface area contributed by atoms with Crippen molar-refractivity contribution in [3.8, 4) is 0 Å². The van der Waals surface area contributed by atoms with Crippen LogP contribution in [0.15, 0.2) is 12.1 Å². The molecule has 0 unspecified atom stereocenters. The van der Waals surface area contributed by atoms with Crippen molar-refractivity contribution >= 4 is 40.6 Å². The smallest absolute Gasteiger partial charge is 0.300 e. The Labute approximate surface area is 136 Å². The third kappa shape index (κ3) is 3.30. The fourth-order valence-electron chi connectivity index (χ4n) is 2.45. The molecule has 0 aromatic heterocycles. The van der Waals surface area contributed by atoms with Crippen LogP contribution in [0, 0.1) is 20.2 Å². The zero-order chi connectivity index (χ0) is 16.3. The zero-order valence-corrected chi connectivity index (χ0v) is 14.0. The van der Waals surface area contributed by atoms with Gasteiger partial charge in [0.05, 0.1) is 14.4 Å². The van der Waals surface area contributed by atoms with Crippen LogP contribution in [0.2, 0.25) is 0 Å². The maximum Gasteiger partial charge on any atom is 0.300 e. The quantitative estimate of drug-likeness (QED) is 0.573. The molecule has 0 atom stereocenters. The van der Waals surface area contributed by atoms with Gasteiger partial charge in [0.2, 0.25) is 0 Å². The highest BCUT2D eigenvalue weighted by Gasteiger charge is 2.32. The van der Waals surface area contributed by atoms with Crippen LogP contribution in [-0.4, -0.2) is 34.4 Å². The van der Waals surface area contributed by atoms with Gasteiger partial charge in [0.1, 0.15) is 0 Å². The van der Waals surface area contributed by atoms with Gasteiger partial charge in [-0.15, -0.1) is 23.5 Å². The van der Waals surface area contributed by atoms with E-state index in [1.165, 1.54) is 12.1 Å². The second kappa shape index (κ2) is 7.19. The van der Waals surface area contributed by atoms with Crippen LogP contribution in [0.1, 0.15) is 24.0 Å². The maximum absolute atomic E-state index is 11.4. The van der Waals surface area contributed by atoms with Crippen LogP contribution in [0.3, 0.4) is 0 Å². The molecule has 0 N–H and O–H groups in total. The number of hydrogen-bond acceptors (Lipinski definition) is 7. The topological polar surface area (TPSA) is 89.5 Å². The van der Waals surface area contributed by atoms with Crippen molar-refractivity contribution in [1.82, 2.24) is 0 Å². The molecule has 7 nitrogen and oxygen atoms in total. The highest BCUT2D eigenvalue weighted by molar-refractivity contribution is 8.19. The molecule has 22 heavy (non-hydrogen) atoms. The number of benzene rings is 1. The monoisotopic (exact) mass is 343 g/mol. The van der Waals surface area contributed by atoms with E-state index in [1.54, 1.807) is 28.4 Å². The lowest BCUT2D eigenvalue weighted by Crippen LogP contribution is -2.24. The van der Waals surface area contributed by atoms with Crippen molar-refractivity contribution in [2.24, 2.45) is 0 Å². The van der Waals surface area contributed by atoms with Crippen molar-refractivity contribution < 1.29 is 9.85 Å². The summed E-state index contributed by atoms with van der Waals surface area (Å²) >= 11 is 3.33. The van der Waals surface area contributed by atoms with E-state index in [4.69, 9.17) is 0 Å². The lowest BCUT2D eigenvalue weighted by atomic mass is 10.1. The summed E-state index contributed by atoms with van der Waals surface area (Å²) in [6, 6.07) is 2.99. The number of nitrogens with zero attached hydrogens (tertiary/aromatic N) is 3. The van der Waals surface area contributed by atoms with Gasteiger partial charge < -0.3 is 4.90 Å². The Balaban J connectivity index is 2.64. The summed E-state index contributed by atoms with van der Waals surface area (Å²) in [6.45, 7) is 4.61. The Morgan fingerprint density at radius 1 is 1.09 bits per heavy atom. The molecule has 0 aliphatic carbocycles. The van der Waals surface area contributed by atoms with Gasteiger partial charge in [0, 0.05) is 36.7 Å². The molecule has 0 spiro atoms. The molecular formula is C13H17N3O4S2. The molecule has 1 aromatic rings. The van der Waals surface area contributed by atoms with Crippen molar-refractivity contribution in [3.05, 3.63) is 37.9 Å². The van der Waals surface area contributed by atoms with Gasteiger partial charge in [-0.1, -0.05) is 0 Å². The fourth-order valence-corrected chi connectivity index (χ4v) is 5.27. The number of anilines is 1. The standard InChI is InChI=1S/C13H17N3O4S2/c1-3-14(4-2)12-10(15(17)18)7-9(8-11(12)16(19)20)13-21-5-6-22-13/h7-8,13H,3-6H2,1-2H3. The first kappa shape index (κ1) is 16.9. The number of thioether (sulfide) groups is 2. The molecule has 0 bridgehead atoms. The summed E-state index contributed by atoms with van der Waals surface area (Å²) < 4.78 is 0.0307. The van der Waals surface area contributed by atoms with E-state index in [9.17, 15) is 20.2 Å². The second-order valence-electron chi connectivity index (χ2n) is 4.67. The van der Waals surface area contributed by atoms with Crippen molar-refractivity contribution in [2.75, 3.05) is 29.5 Å². The Morgan fingerprint density at radius 3 is 1.91 bits per heavy atom. The Hall–Kier alpha value is -1.48. The van der Waals surface area contributed by atoms with Crippen LogP contribution >= 0.6 is 23.5 Å². The van der Waals surface area contributed by atoms with Crippen LogP contribution in [0.5, 0.6) is 0 Å². The zero-order valence-electron chi connectivity index (χ0n) is 12.4. The van der Waals surface area contributed by atoms with Crippen LogP contribution < -0.4 is 4.90 Å². The molecule has 2 rings (SSSR count). The lowest BCUT2D eigenvalue weighted by Gasteiger charge is -2.21. The molecule has 1 aliphatic rings. The van der Waals surface area contributed by atoms with Crippen LogP contribution in [0.4, 0.5) is 17.1 Å². The minimum Gasteiger partial charge on any atom is -0.361 e. The first-order valence-electron chi connectivity index (χ1n) is 6.94. The van der Waals surface area contributed by atoms with Crippen molar-refractivity contribution in [1.29, 1.82) is 0 Å². The Bertz CT molecular complexity index is 552. The number of hydrogen-bond donors (Lipinski definition) is 0. The molecule has 1 heterocycles. The highest BCUT2D eigenvalue weighted by atomic mass is 32.2. The molecule has 120 valence electrons. The highest BCUT2D eigenvalue weighted by Crippen LogP contribution is 2.49. The molecule has 1 fully saturated rings. The van der Waals surface area contributed by atoms with Crippen LogP contribution in [-0.2, 0) is 0 Å². The molecule has 1 aliphatic heterocycles. The molecular weight excluding hydrogens is 326 g/mol. The van der Waals surface area contributed by atoms with E-state index >= 15 is 0 Å². The SMILES string of the molecule is CCN(CC)c1c([N+](=O)[O-])cc(C2SCCS2)cc1[N+](=O)[O-]. The molecule has 1 saturated heterocycles. The summed E-state index contributed by atoms with van der Waals surface area (Å²) in [7, 11) is 0. The predicted molar refractivity (Wildman–Crippen MR) is 91.0 cm³/mol. The van der Waals surface area contributed by atoms with Gasteiger partial charge in [0.25, 0.3) is 11.4 Å². The van der Waals surface area contributed by atoms with Crippen LogP contribution in [0.25, 0.3) is 0 Å². The Morgan fingerprint density at radius 2 is 1.55 bits per heavy atom. The Kier molecular flexibility index (Phi) is 5.52. The van der Waals surface area contributed by atoms with Gasteiger partial charge in [-0.2, -0.15) is 0 Å². The van der Waals surface area contributed by atoms with E-state index in [1.807, 2.05) is 13.8 Å². The summed E-state index contributed by atoms with van der Waals surface area (Å²) in [5.41, 5.74) is 0.403. The molecule has 0 amide bonds. The average Bonchev–Trinajstić information content (AvgIpc) is 3.02. The second-order valence-corrected chi connectivity index (χ2v) is 7.39. The van der Waals surface area contributed by atoms with E-state index in [0.29, 0.717) is 18.7 Å².